The van der Waals surface area contributed by atoms with Gasteiger partial charge in [0, 0.05) is 44.8 Å². The zero-order valence-electron chi connectivity index (χ0n) is 48.5. The van der Waals surface area contributed by atoms with Gasteiger partial charge in [0.05, 0.1) is 5.69 Å². The van der Waals surface area contributed by atoms with Gasteiger partial charge in [0.25, 0.3) is 6.71 Å². The molecule has 0 atom stereocenters. The lowest BCUT2D eigenvalue weighted by Gasteiger charge is -2.48. The van der Waals surface area contributed by atoms with E-state index in [0.717, 1.165) is 18.5 Å². The summed E-state index contributed by atoms with van der Waals surface area (Å²) in [6.45, 7) is 31.2. The maximum Gasteiger partial charge on any atom is 0.252 e. The van der Waals surface area contributed by atoms with Gasteiger partial charge >= 0.3 is 0 Å². The minimum absolute atomic E-state index is 0.000580. The Morgan fingerprint density at radius 1 is 0.397 bits per heavy atom. The molecule has 0 amide bonds. The fourth-order valence-electron chi connectivity index (χ4n) is 13.4. The van der Waals surface area contributed by atoms with E-state index in [1.807, 2.05) is 0 Å². The molecule has 0 bridgehead atoms. The van der Waals surface area contributed by atoms with Gasteiger partial charge in [-0.3, -0.25) is 0 Å². The summed E-state index contributed by atoms with van der Waals surface area (Å²) in [6.07, 6.45) is 2.28. The van der Waals surface area contributed by atoms with Crippen molar-refractivity contribution >= 4 is 57.2 Å². The summed E-state index contributed by atoms with van der Waals surface area (Å²) >= 11 is 0. The normalized spacial score (nSPS) is 15.4. The van der Waals surface area contributed by atoms with Gasteiger partial charge in [-0.2, -0.15) is 0 Å². The molecule has 0 unspecified atom stereocenters. The number of fused-ring (bicyclic) bond motifs is 5. The van der Waals surface area contributed by atoms with E-state index in [-0.39, 0.29) is 39.7 Å². The third-order valence-corrected chi connectivity index (χ3v) is 18.7. The lowest BCUT2D eigenvalue weighted by atomic mass is 9.32. The van der Waals surface area contributed by atoms with Gasteiger partial charge in [0.1, 0.15) is 0 Å². The second-order valence-electron chi connectivity index (χ2n) is 26.7. The van der Waals surface area contributed by atoms with Gasteiger partial charge in [-0.15, -0.1) is 0 Å². The highest BCUT2D eigenvalue weighted by atomic mass is 15.2. The molecule has 390 valence electrons. The second kappa shape index (κ2) is 18.7. The molecular formula is C75H77BN2. The first kappa shape index (κ1) is 51.4. The molecule has 12 rings (SSSR count). The van der Waals surface area contributed by atoms with E-state index in [1.54, 1.807) is 0 Å². The molecule has 0 radical (unpaired) electrons. The minimum Gasteiger partial charge on any atom is -0.311 e. The van der Waals surface area contributed by atoms with Crippen LogP contribution in [0.5, 0.6) is 0 Å². The highest BCUT2D eigenvalue weighted by molar-refractivity contribution is 7.00. The molecule has 3 heteroatoms. The summed E-state index contributed by atoms with van der Waals surface area (Å²) in [5.74, 6) is 0.268. The van der Waals surface area contributed by atoms with E-state index < -0.39 is 0 Å². The Kier molecular flexibility index (Phi) is 12.3. The van der Waals surface area contributed by atoms with Crippen LogP contribution in [-0.2, 0) is 27.1 Å². The molecular weight excluding hydrogens is 940 g/mol. The van der Waals surface area contributed by atoms with Crippen LogP contribution in [0.25, 0.3) is 22.3 Å². The van der Waals surface area contributed by atoms with Crippen LogP contribution in [0.1, 0.15) is 153 Å². The van der Waals surface area contributed by atoms with E-state index in [2.05, 4.69) is 300 Å². The standard InChI is InChI=1S/C75H77BN2/c1-49(2)51-43-68-70-69(44-51)78(65-39-35-55(71(3,4)5)45-60(65)59-32-24-23-31-58(59)50-25-17-14-18-26-50)67-48-62-61(72(6,7)41-42-73(62,8)9)47-64(67)76(70)63-46-56(75(12,13)53-29-21-16-22-30-53)36-40-66(63)77(68)57-37-33-54(34-38-57)74(10,11)52-27-19-15-20-28-52/h14-40,43-49H,41-42H2,1-13H3. The molecule has 0 saturated carbocycles. The lowest BCUT2D eigenvalue weighted by molar-refractivity contribution is 0.332. The third-order valence-electron chi connectivity index (χ3n) is 18.7. The summed E-state index contributed by atoms with van der Waals surface area (Å²) in [7, 11) is 0. The predicted molar refractivity (Wildman–Crippen MR) is 337 cm³/mol. The molecule has 9 aromatic carbocycles. The zero-order valence-corrected chi connectivity index (χ0v) is 48.5. The highest BCUT2D eigenvalue weighted by Gasteiger charge is 2.47. The Morgan fingerprint density at radius 3 is 1.46 bits per heavy atom. The van der Waals surface area contributed by atoms with Crippen molar-refractivity contribution in [3.8, 4) is 22.3 Å². The molecule has 0 N–H and O–H groups in total. The summed E-state index contributed by atoms with van der Waals surface area (Å²) in [6, 6.07) is 77.1. The molecule has 0 saturated heterocycles. The van der Waals surface area contributed by atoms with E-state index in [0.29, 0.717) is 0 Å². The van der Waals surface area contributed by atoms with Crippen molar-refractivity contribution in [2.75, 3.05) is 9.80 Å². The SMILES string of the molecule is CC(C)c1cc2c3c(c1)N(c1ccc(C(C)(C)C)cc1-c1ccccc1-c1ccccc1)c1cc4c(cc1B3c1cc(C(C)(C)c3ccccc3)ccc1N2c1ccc(C(C)(C)c2ccccc2)cc1)C(C)(C)CCC4(C)C. The smallest absolute Gasteiger partial charge is 0.252 e. The average molecular weight is 1020 g/mol. The summed E-state index contributed by atoms with van der Waals surface area (Å²) in [5, 5.41) is 0. The highest BCUT2D eigenvalue weighted by Crippen LogP contribution is 2.53. The summed E-state index contributed by atoms with van der Waals surface area (Å²) in [5.41, 5.74) is 26.7. The van der Waals surface area contributed by atoms with Crippen LogP contribution in [-0.4, -0.2) is 6.71 Å². The topological polar surface area (TPSA) is 6.48 Å². The summed E-state index contributed by atoms with van der Waals surface area (Å²) in [4.78, 5) is 5.35. The maximum atomic E-state index is 2.73. The van der Waals surface area contributed by atoms with Crippen LogP contribution in [0.4, 0.5) is 34.1 Å². The monoisotopic (exact) mass is 1020 g/mol. The number of benzene rings is 9. The van der Waals surface area contributed by atoms with Crippen molar-refractivity contribution in [3.63, 3.8) is 0 Å². The number of nitrogens with zero attached hydrogens (tertiary/aromatic N) is 2. The average Bonchev–Trinajstić information content (AvgIpc) is 2.81. The van der Waals surface area contributed by atoms with Crippen LogP contribution in [0.15, 0.2) is 200 Å². The first-order valence-electron chi connectivity index (χ1n) is 28.8. The van der Waals surface area contributed by atoms with Gasteiger partial charge in [0.2, 0.25) is 0 Å². The van der Waals surface area contributed by atoms with Crippen molar-refractivity contribution in [2.45, 2.75) is 136 Å². The number of rotatable bonds is 9. The molecule has 0 fully saturated rings. The molecule has 2 nitrogen and oxygen atoms in total. The molecule has 2 aliphatic heterocycles. The number of anilines is 6. The second-order valence-corrected chi connectivity index (χ2v) is 26.7. The largest absolute Gasteiger partial charge is 0.311 e. The Morgan fingerprint density at radius 2 is 0.872 bits per heavy atom. The van der Waals surface area contributed by atoms with Crippen LogP contribution >= 0.6 is 0 Å². The predicted octanol–water partition coefficient (Wildman–Crippen LogP) is 18.5. The lowest BCUT2D eigenvalue weighted by Crippen LogP contribution is -2.62. The fraction of sp³-hybridized carbons (Fsp3) is 0.280. The van der Waals surface area contributed by atoms with Crippen LogP contribution in [0, 0.1) is 0 Å². The van der Waals surface area contributed by atoms with Gasteiger partial charge in [0.15, 0.2) is 0 Å². The number of hydrogen-bond acceptors (Lipinski definition) is 2. The van der Waals surface area contributed by atoms with Crippen molar-refractivity contribution in [3.05, 3.63) is 245 Å². The van der Waals surface area contributed by atoms with Gasteiger partial charge in [-0.05, 0) is 161 Å². The Balaban J connectivity index is 1.20. The van der Waals surface area contributed by atoms with E-state index in [1.165, 1.54) is 112 Å². The number of hydrogen-bond donors (Lipinski definition) is 0. The van der Waals surface area contributed by atoms with Crippen molar-refractivity contribution in [1.29, 1.82) is 0 Å². The molecule has 3 aliphatic rings. The van der Waals surface area contributed by atoms with Crippen LogP contribution in [0.3, 0.4) is 0 Å². The van der Waals surface area contributed by atoms with Crippen molar-refractivity contribution in [1.82, 2.24) is 0 Å². The molecule has 0 aromatic heterocycles. The Hall–Kier alpha value is -7.36. The zero-order chi connectivity index (χ0) is 54.7. The van der Waals surface area contributed by atoms with E-state index in [4.69, 9.17) is 0 Å². The molecule has 9 aromatic rings. The molecule has 0 spiro atoms. The molecule has 2 heterocycles. The minimum atomic E-state index is -0.252. The van der Waals surface area contributed by atoms with E-state index >= 15 is 0 Å². The first-order chi connectivity index (χ1) is 37.1. The van der Waals surface area contributed by atoms with Crippen LogP contribution in [0.2, 0.25) is 0 Å². The molecule has 1 aliphatic carbocycles. The Labute approximate surface area is 467 Å². The van der Waals surface area contributed by atoms with Gasteiger partial charge in [-0.1, -0.05) is 242 Å². The third kappa shape index (κ3) is 8.46. The molecule has 78 heavy (non-hydrogen) atoms. The maximum absolute atomic E-state index is 2.73. The van der Waals surface area contributed by atoms with E-state index in [9.17, 15) is 0 Å². The fourth-order valence-corrected chi connectivity index (χ4v) is 13.4. The quantitative estimate of drug-likeness (QED) is 0.133. The first-order valence-corrected chi connectivity index (χ1v) is 28.8. The van der Waals surface area contributed by atoms with Crippen molar-refractivity contribution in [2.24, 2.45) is 0 Å². The summed E-state index contributed by atoms with van der Waals surface area (Å²) < 4.78 is 0. The van der Waals surface area contributed by atoms with Gasteiger partial charge < -0.3 is 9.80 Å². The van der Waals surface area contributed by atoms with Gasteiger partial charge in [-0.25, -0.2) is 0 Å². The van der Waals surface area contributed by atoms with Crippen LogP contribution < -0.4 is 26.2 Å². The van der Waals surface area contributed by atoms with Crippen molar-refractivity contribution < 1.29 is 0 Å². The Bertz CT molecular complexity index is 3740.